The van der Waals surface area contributed by atoms with Crippen LogP contribution < -0.4 is 5.32 Å². The van der Waals surface area contributed by atoms with E-state index in [1.807, 2.05) is 24.9 Å². The van der Waals surface area contributed by atoms with Crippen molar-refractivity contribution < 1.29 is 4.74 Å². The minimum atomic E-state index is 0.154. The Morgan fingerprint density at radius 2 is 1.96 bits per heavy atom. The van der Waals surface area contributed by atoms with Crippen molar-refractivity contribution in [2.24, 2.45) is 7.05 Å². The van der Waals surface area contributed by atoms with Crippen molar-refractivity contribution >= 4 is 11.0 Å². The van der Waals surface area contributed by atoms with Crippen molar-refractivity contribution in [2.75, 3.05) is 19.8 Å². The molecule has 3 heterocycles. The number of nitrogens with zero attached hydrogens (tertiary/aromatic N) is 3. The Balaban J connectivity index is 1.49. The lowest BCUT2D eigenvalue weighted by molar-refractivity contribution is 0.0498. The molecule has 0 atom stereocenters. The maximum Gasteiger partial charge on any atom is 0.157 e. The summed E-state index contributed by atoms with van der Waals surface area (Å²) in [6.45, 7) is 5.46. The van der Waals surface area contributed by atoms with E-state index in [4.69, 9.17) is 4.74 Å². The van der Waals surface area contributed by atoms with Crippen molar-refractivity contribution in [3.8, 4) is 0 Å². The quantitative estimate of drug-likeness (QED) is 0.768. The second-order valence-corrected chi connectivity index (χ2v) is 7.29. The van der Waals surface area contributed by atoms with E-state index in [1.54, 1.807) is 0 Å². The molecule has 0 bridgehead atoms. The van der Waals surface area contributed by atoms with Crippen LogP contribution in [0.15, 0.2) is 42.6 Å². The number of benzene rings is 1. The molecule has 136 valence electrons. The molecule has 0 unspecified atom stereocenters. The Kier molecular flexibility index (Phi) is 4.74. The molecule has 0 amide bonds. The van der Waals surface area contributed by atoms with E-state index < -0.39 is 0 Å². The number of hydrogen-bond donors (Lipinski definition) is 1. The van der Waals surface area contributed by atoms with Gasteiger partial charge in [0.1, 0.15) is 0 Å². The van der Waals surface area contributed by atoms with Gasteiger partial charge in [0.15, 0.2) is 5.65 Å². The van der Waals surface area contributed by atoms with E-state index in [2.05, 4.69) is 51.8 Å². The molecule has 4 rings (SSSR count). The van der Waals surface area contributed by atoms with Crippen molar-refractivity contribution in [3.05, 3.63) is 59.4 Å². The fraction of sp³-hybridized carbons (Fsp3) is 0.429. The summed E-state index contributed by atoms with van der Waals surface area (Å²) in [5, 5.41) is 9.27. The molecular weight excluding hydrogens is 324 g/mol. The summed E-state index contributed by atoms with van der Waals surface area (Å²) in [4.78, 5) is 4.58. The minimum Gasteiger partial charge on any atom is -0.381 e. The van der Waals surface area contributed by atoms with E-state index in [0.717, 1.165) is 55.9 Å². The minimum absolute atomic E-state index is 0.154. The Morgan fingerprint density at radius 1 is 1.19 bits per heavy atom. The maximum atomic E-state index is 5.63. The molecule has 1 aromatic carbocycles. The Morgan fingerprint density at radius 3 is 2.73 bits per heavy atom. The normalized spacial score (nSPS) is 16.8. The molecule has 26 heavy (non-hydrogen) atoms. The van der Waals surface area contributed by atoms with Crippen LogP contribution in [0.2, 0.25) is 0 Å². The first kappa shape index (κ1) is 17.2. The number of fused-ring (bicyclic) bond motifs is 1. The third kappa shape index (κ3) is 3.24. The number of rotatable bonds is 5. The summed E-state index contributed by atoms with van der Waals surface area (Å²) < 4.78 is 7.47. The van der Waals surface area contributed by atoms with Crippen molar-refractivity contribution in [3.63, 3.8) is 0 Å². The molecule has 5 nitrogen and oxygen atoms in total. The van der Waals surface area contributed by atoms with Crippen molar-refractivity contribution in [1.29, 1.82) is 0 Å². The van der Waals surface area contributed by atoms with E-state index in [0.29, 0.717) is 0 Å². The first-order valence-corrected chi connectivity index (χ1v) is 9.30. The van der Waals surface area contributed by atoms with Gasteiger partial charge >= 0.3 is 0 Å². The molecule has 0 aliphatic carbocycles. The van der Waals surface area contributed by atoms with Gasteiger partial charge in [-0.1, -0.05) is 30.3 Å². The van der Waals surface area contributed by atoms with Gasteiger partial charge in [0.05, 0.1) is 5.69 Å². The Hall–Kier alpha value is -2.24. The van der Waals surface area contributed by atoms with Gasteiger partial charge in [-0.15, -0.1) is 0 Å². The van der Waals surface area contributed by atoms with Crippen LogP contribution in [0.5, 0.6) is 0 Å². The highest BCUT2D eigenvalue weighted by atomic mass is 16.5. The number of aryl methyl sites for hydroxylation is 2. The average Bonchev–Trinajstić information content (AvgIpc) is 2.97. The van der Waals surface area contributed by atoms with E-state index in [-0.39, 0.29) is 5.41 Å². The maximum absolute atomic E-state index is 5.63. The summed E-state index contributed by atoms with van der Waals surface area (Å²) in [5.74, 6) is 0. The van der Waals surface area contributed by atoms with Gasteiger partial charge < -0.3 is 10.1 Å². The molecule has 0 radical (unpaired) electrons. The standard InChI is InChI=1S/C21H26N4O/c1-16-19-12-17(14-23-20(19)25(2)24-16)13-22-15-21(8-10-26-11-9-21)18-6-4-3-5-7-18/h3-7,12,14,22H,8-11,13,15H2,1-2H3. The number of ether oxygens (including phenoxy) is 1. The molecule has 3 aromatic rings. The van der Waals surface area contributed by atoms with Crippen LogP contribution in [-0.4, -0.2) is 34.5 Å². The number of pyridine rings is 1. The topological polar surface area (TPSA) is 52.0 Å². The second kappa shape index (κ2) is 7.17. The molecule has 5 heteroatoms. The smallest absolute Gasteiger partial charge is 0.157 e. The van der Waals surface area contributed by atoms with Crippen LogP contribution >= 0.6 is 0 Å². The van der Waals surface area contributed by atoms with Gasteiger partial charge in [-0.25, -0.2) is 4.98 Å². The van der Waals surface area contributed by atoms with Gasteiger partial charge in [-0.2, -0.15) is 5.10 Å². The molecule has 0 saturated carbocycles. The van der Waals surface area contributed by atoms with Gasteiger partial charge in [-0.05, 0) is 37.0 Å². The van der Waals surface area contributed by atoms with E-state index in [9.17, 15) is 0 Å². The van der Waals surface area contributed by atoms with Gasteiger partial charge in [0.25, 0.3) is 0 Å². The molecule has 2 aromatic heterocycles. The average molecular weight is 350 g/mol. The Labute approximate surface area is 154 Å². The van der Waals surface area contributed by atoms with Crippen LogP contribution in [0.1, 0.15) is 29.7 Å². The van der Waals surface area contributed by atoms with Crippen LogP contribution in [0.4, 0.5) is 0 Å². The first-order valence-electron chi connectivity index (χ1n) is 9.30. The summed E-state index contributed by atoms with van der Waals surface area (Å²) in [6.07, 6.45) is 4.07. The SMILES string of the molecule is Cc1nn(C)c2ncc(CNCC3(c4ccccc4)CCOCC3)cc12. The van der Waals surface area contributed by atoms with E-state index >= 15 is 0 Å². The van der Waals surface area contributed by atoms with Crippen molar-refractivity contribution in [2.45, 2.75) is 31.7 Å². The highest BCUT2D eigenvalue weighted by Gasteiger charge is 2.33. The lowest BCUT2D eigenvalue weighted by Gasteiger charge is -2.38. The highest BCUT2D eigenvalue weighted by molar-refractivity contribution is 5.78. The van der Waals surface area contributed by atoms with E-state index in [1.165, 1.54) is 11.1 Å². The fourth-order valence-electron chi connectivity index (χ4n) is 4.02. The van der Waals surface area contributed by atoms with Gasteiger partial charge in [0.2, 0.25) is 0 Å². The summed E-state index contributed by atoms with van der Waals surface area (Å²) in [7, 11) is 1.94. The fourth-order valence-corrected chi connectivity index (χ4v) is 4.02. The monoisotopic (exact) mass is 350 g/mol. The lowest BCUT2D eigenvalue weighted by Crippen LogP contribution is -2.42. The number of hydrogen-bond acceptors (Lipinski definition) is 4. The zero-order valence-corrected chi connectivity index (χ0v) is 15.5. The predicted molar refractivity (Wildman–Crippen MR) is 103 cm³/mol. The zero-order chi connectivity index (χ0) is 18.0. The molecular formula is C21H26N4O. The molecule has 0 spiro atoms. The zero-order valence-electron chi connectivity index (χ0n) is 15.5. The number of nitrogens with one attached hydrogen (secondary N) is 1. The van der Waals surface area contributed by atoms with Crippen LogP contribution in [-0.2, 0) is 23.7 Å². The summed E-state index contributed by atoms with van der Waals surface area (Å²) in [5.41, 5.74) is 4.73. The molecule has 1 saturated heterocycles. The predicted octanol–water partition coefficient (Wildman–Crippen LogP) is 3.11. The van der Waals surface area contributed by atoms with Crippen molar-refractivity contribution in [1.82, 2.24) is 20.1 Å². The third-order valence-electron chi connectivity index (χ3n) is 5.55. The van der Waals surface area contributed by atoms with Gasteiger partial charge in [0, 0.05) is 50.3 Å². The summed E-state index contributed by atoms with van der Waals surface area (Å²) >= 11 is 0. The Bertz CT molecular complexity index is 882. The first-order chi connectivity index (χ1) is 12.7. The second-order valence-electron chi connectivity index (χ2n) is 7.29. The third-order valence-corrected chi connectivity index (χ3v) is 5.55. The molecule has 1 fully saturated rings. The molecule has 1 aliphatic rings. The molecule has 1 N–H and O–H groups in total. The number of aromatic nitrogens is 3. The summed E-state index contributed by atoms with van der Waals surface area (Å²) in [6, 6.07) is 13.1. The highest BCUT2D eigenvalue weighted by Crippen LogP contribution is 2.34. The van der Waals surface area contributed by atoms with Crippen LogP contribution in [0.25, 0.3) is 11.0 Å². The van der Waals surface area contributed by atoms with Crippen LogP contribution in [0.3, 0.4) is 0 Å². The van der Waals surface area contributed by atoms with Crippen LogP contribution in [0, 0.1) is 6.92 Å². The molecule has 1 aliphatic heterocycles. The van der Waals surface area contributed by atoms with Gasteiger partial charge in [-0.3, -0.25) is 4.68 Å². The largest absolute Gasteiger partial charge is 0.381 e. The lowest BCUT2D eigenvalue weighted by atomic mass is 9.74.